The smallest absolute Gasteiger partial charge is 0.340 e. The summed E-state index contributed by atoms with van der Waals surface area (Å²) in [6.45, 7) is 3.65. The van der Waals surface area contributed by atoms with Crippen LogP contribution in [0.4, 0.5) is 0 Å². The third kappa shape index (κ3) is 4.33. The monoisotopic (exact) mass is 418 g/mol. The fraction of sp³-hybridized carbons (Fsp3) is 0.200. The SMILES string of the molecule is Cc1cc(C)cc(OS(=O)(=O)c2cc(S(C)(=O)=O)ccc2Br)c1. The molecule has 2 aromatic carbocycles. The average Bonchev–Trinajstić information content (AvgIpc) is 2.35. The lowest BCUT2D eigenvalue weighted by atomic mass is 10.1. The molecular formula is C15H15BrO5S2. The van der Waals surface area contributed by atoms with E-state index >= 15 is 0 Å². The van der Waals surface area contributed by atoms with E-state index in [9.17, 15) is 16.8 Å². The summed E-state index contributed by atoms with van der Waals surface area (Å²) in [4.78, 5) is -0.331. The van der Waals surface area contributed by atoms with Crippen molar-refractivity contribution < 1.29 is 21.0 Å². The first-order valence-electron chi connectivity index (χ1n) is 6.51. The molecule has 0 aromatic heterocycles. The number of aryl methyl sites for hydroxylation is 2. The summed E-state index contributed by atoms with van der Waals surface area (Å²) in [6, 6.07) is 8.86. The third-order valence-corrected chi connectivity index (χ3v) is 6.35. The molecule has 8 heteroatoms. The van der Waals surface area contributed by atoms with Crippen LogP contribution in [0.1, 0.15) is 11.1 Å². The van der Waals surface area contributed by atoms with Crippen molar-refractivity contribution in [1.29, 1.82) is 0 Å². The van der Waals surface area contributed by atoms with Crippen LogP contribution in [-0.4, -0.2) is 23.1 Å². The molecule has 0 N–H and O–H groups in total. The Hall–Kier alpha value is -1.38. The lowest BCUT2D eigenvalue weighted by Crippen LogP contribution is -2.12. The van der Waals surface area contributed by atoms with E-state index < -0.39 is 20.0 Å². The van der Waals surface area contributed by atoms with Crippen LogP contribution in [0.5, 0.6) is 5.75 Å². The van der Waals surface area contributed by atoms with E-state index in [0.29, 0.717) is 0 Å². The van der Waals surface area contributed by atoms with Crippen LogP contribution in [-0.2, 0) is 20.0 Å². The second-order valence-electron chi connectivity index (χ2n) is 5.23. The number of hydrogen-bond donors (Lipinski definition) is 0. The molecule has 5 nitrogen and oxygen atoms in total. The summed E-state index contributed by atoms with van der Waals surface area (Å²) < 4.78 is 53.6. The molecule has 0 unspecified atom stereocenters. The highest BCUT2D eigenvalue weighted by atomic mass is 79.9. The first-order chi connectivity index (χ1) is 10.5. The van der Waals surface area contributed by atoms with Crippen molar-refractivity contribution in [1.82, 2.24) is 0 Å². The molecule has 0 aliphatic carbocycles. The van der Waals surface area contributed by atoms with Crippen LogP contribution in [0.3, 0.4) is 0 Å². The van der Waals surface area contributed by atoms with E-state index in [1.165, 1.54) is 12.1 Å². The molecular weight excluding hydrogens is 404 g/mol. The van der Waals surface area contributed by atoms with Crippen LogP contribution in [0.2, 0.25) is 0 Å². The minimum absolute atomic E-state index is 0.0942. The maximum atomic E-state index is 12.5. The topological polar surface area (TPSA) is 77.5 Å². The van der Waals surface area contributed by atoms with Crippen LogP contribution >= 0.6 is 15.9 Å². The Bertz CT molecular complexity index is 943. The molecule has 2 aromatic rings. The summed E-state index contributed by atoms with van der Waals surface area (Å²) in [5, 5.41) is 0. The van der Waals surface area contributed by atoms with Gasteiger partial charge in [-0.05, 0) is 71.2 Å². The van der Waals surface area contributed by atoms with Gasteiger partial charge in [-0.15, -0.1) is 0 Å². The van der Waals surface area contributed by atoms with Gasteiger partial charge in [-0.25, -0.2) is 8.42 Å². The maximum Gasteiger partial charge on any atom is 0.340 e. The zero-order chi connectivity index (χ0) is 17.4. The largest absolute Gasteiger partial charge is 0.379 e. The summed E-state index contributed by atoms with van der Waals surface area (Å²) in [7, 11) is -7.70. The summed E-state index contributed by atoms with van der Waals surface area (Å²) in [5.41, 5.74) is 1.72. The van der Waals surface area contributed by atoms with E-state index in [4.69, 9.17) is 4.18 Å². The Labute approximate surface area is 144 Å². The lowest BCUT2D eigenvalue weighted by molar-refractivity contribution is 0.485. The molecule has 0 radical (unpaired) electrons. The van der Waals surface area contributed by atoms with E-state index in [-0.39, 0.29) is 20.0 Å². The van der Waals surface area contributed by atoms with Crippen molar-refractivity contribution in [3.63, 3.8) is 0 Å². The Morgan fingerprint density at radius 1 is 0.913 bits per heavy atom. The van der Waals surface area contributed by atoms with Crippen molar-refractivity contribution in [2.45, 2.75) is 23.6 Å². The van der Waals surface area contributed by atoms with Crippen LogP contribution in [0, 0.1) is 13.8 Å². The van der Waals surface area contributed by atoms with E-state index in [1.54, 1.807) is 12.1 Å². The zero-order valence-corrected chi connectivity index (χ0v) is 15.9. The second kappa shape index (κ2) is 6.26. The highest BCUT2D eigenvalue weighted by molar-refractivity contribution is 9.10. The molecule has 23 heavy (non-hydrogen) atoms. The normalized spacial score (nSPS) is 12.2. The minimum Gasteiger partial charge on any atom is -0.379 e. The average molecular weight is 419 g/mol. The van der Waals surface area contributed by atoms with Gasteiger partial charge in [0.25, 0.3) is 0 Å². The highest BCUT2D eigenvalue weighted by Gasteiger charge is 2.23. The standard InChI is InChI=1S/C15H15BrO5S2/c1-10-6-11(2)8-12(7-10)21-23(19,20)15-9-13(22(3,17)18)4-5-14(15)16/h4-9H,1-3H3. The summed E-state index contributed by atoms with van der Waals surface area (Å²) >= 11 is 3.12. The van der Waals surface area contributed by atoms with Crippen LogP contribution in [0.25, 0.3) is 0 Å². The van der Waals surface area contributed by atoms with E-state index in [2.05, 4.69) is 15.9 Å². The molecule has 0 saturated heterocycles. The molecule has 0 fully saturated rings. The second-order valence-corrected chi connectivity index (χ2v) is 9.61. The van der Waals surface area contributed by atoms with Gasteiger partial charge in [0.05, 0.1) is 4.90 Å². The number of rotatable bonds is 4. The van der Waals surface area contributed by atoms with Crippen molar-refractivity contribution in [2.24, 2.45) is 0 Å². The van der Waals surface area contributed by atoms with Crippen molar-refractivity contribution >= 4 is 35.9 Å². The van der Waals surface area contributed by atoms with Gasteiger partial charge in [-0.3, -0.25) is 0 Å². The van der Waals surface area contributed by atoms with Gasteiger partial charge >= 0.3 is 10.1 Å². The Morgan fingerprint density at radius 3 is 2.00 bits per heavy atom. The molecule has 124 valence electrons. The van der Waals surface area contributed by atoms with E-state index in [1.807, 2.05) is 19.9 Å². The lowest BCUT2D eigenvalue weighted by Gasteiger charge is -2.11. The first-order valence-corrected chi connectivity index (χ1v) is 10.6. The Kier molecular flexibility index (Phi) is 4.89. The van der Waals surface area contributed by atoms with Crippen LogP contribution in [0.15, 0.2) is 50.7 Å². The fourth-order valence-electron chi connectivity index (χ4n) is 2.06. The minimum atomic E-state index is -4.17. The molecule has 0 aliphatic rings. The molecule has 0 spiro atoms. The summed E-state index contributed by atoms with van der Waals surface area (Å²) in [6.07, 6.45) is 1.01. The molecule has 0 bridgehead atoms. The van der Waals surface area contributed by atoms with Gasteiger partial charge in [0.15, 0.2) is 9.84 Å². The molecule has 0 heterocycles. The number of hydrogen-bond acceptors (Lipinski definition) is 5. The number of halogens is 1. The fourth-order valence-corrected chi connectivity index (χ4v) is 4.64. The molecule has 0 aliphatic heterocycles. The molecule has 0 saturated carbocycles. The van der Waals surface area contributed by atoms with Gasteiger partial charge in [0.1, 0.15) is 10.6 Å². The predicted molar refractivity (Wildman–Crippen MR) is 91.0 cm³/mol. The first kappa shape index (κ1) is 18.0. The number of sulfone groups is 1. The van der Waals surface area contributed by atoms with Crippen LogP contribution < -0.4 is 4.18 Å². The van der Waals surface area contributed by atoms with Gasteiger partial charge in [-0.2, -0.15) is 8.42 Å². The van der Waals surface area contributed by atoms with E-state index in [0.717, 1.165) is 23.4 Å². The van der Waals surface area contributed by atoms with Gasteiger partial charge in [-0.1, -0.05) is 6.07 Å². The quantitative estimate of drug-likeness (QED) is 0.712. The molecule has 0 amide bonds. The Morgan fingerprint density at radius 2 is 1.48 bits per heavy atom. The zero-order valence-electron chi connectivity index (χ0n) is 12.7. The van der Waals surface area contributed by atoms with Crippen molar-refractivity contribution in [2.75, 3.05) is 6.26 Å². The molecule has 0 atom stereocenters. The van der Waals surface area contributed by atoms with Gasteiger partial charge in [0.2, 0.25) is 0 Å². The van der Waals surface area contributed by atoms with Crippen molar-refractivity contribution in [3.05, 3.63) is 52.0 Å². The Balaban J connectivity index is 2.51. The number of benzene rings is 2. The van der Waals surface area contributed by atoms with Crippen molar-refractivity contribution in [3.8, 4) is 5.75 Å². The maximum absolute atomic E-state index is 12.5. The predicted octanol–water partition coefficient (Wildman–Crippen LogP) is 3.24. The van der Waals surface area contributed by atoms with Gasteiger partial charge < -0.3 is 4.18 Å². The van der Waals surface area contributed by atoms with Gasteiger partial charge in [0, 0.05) is 10.7 Å². The highest BCUT2D eigenvalue weighted by Crippen LogP contribution is 2.28. The third-order valence-electron chi connectivity index (χ3n) is 3.00. The molecule has 2 rings (SSSR count). The summed E-state index contributed by atoms with van der Waals surface area (Å²) in [5.74, 6) is 0.180.